The lowest BCUT2D eigenvalue weighted by Gasteiger charge is -2.25. The van der Waals surface area contributed by atoms with Crippen molar-refractivity contribution in [1.29, 1.82) is 0 Å². The van der Waals surface area contributed by atoms with Gasteiger partial charge in [0.1, 0.15) is 23.8 Å². The molecule has 0 unspecified atom stereocenters. The van der Waals surface area contributed by atoms with Crippen molar-refractivity contribution in [2.45, 2.75) is 4.90 Å². The van der Waals surface area contributed by atoms with Crippen LogP contribution in [-0.4, -0.2) is 53.8 Å². The molecule has 44 heavy (non-hydrogen) atoms. The molecule has 0 aliphatic heterocycles. The second-order valence-corrected chi connectivity index (χ2v) is 11.3. The van der Waals surface area contributed by atoms with E-state index in [9.17, 15) is 18.0 Å². The minimum atomic E-state index is -4.18. The zero-order valence-electron chi connectivity index (χ0n) is 23.8. The van der Waals surface area contributed by atoms with E-state index in [2.05, 4.69) is 15.8 Å². The number of halogens is 1. The van der Waals surface area contributed by atoms with Crippen molar-refractivity contribution in [3.8, 4) is 17.2 Å². The second kappa shape index (κ2) is 14.9. The first kappa shape index (κ1) is 31.9. The van der Waals surface area contributed by atoms with Crippen LogP contribution >= 0.6 is 11.6 Å². The number of benzene rings is 4. The fourth-order valence-corrected chi connectivity index (χ4v) is 5.52. The van der Waals surface area contributed by atoms with E-state index in [1.54, 1.807) is 72.8 Å². The number of hydrogen-bond donors (Lipinski definition) is 2. The molecule has 13 heteroatoms. The van der Waals surface area contributed by atoms with Gasteiger partial charge in [-0.05, 0) is 78.4 Å². The number of anilines is 2. The standard InChI is InChI=1S/C31H29ClN4O7S/c1-41-23-15-17-25(18-16-23)44(39,40)36(28-9-5-6-10-29(28)42-2)20-30(37)35-33-19-22-11-13-24(14-12-22)43-21-31(38)34-27-8-4-3-7-26(27)32/h3-19H,20-21H2,1-2H3,(H,34,38)(H,35,37)/b33-19-. The fourth-order valence-electron chi connectivity index (χ4n) is 3.90. The largest absolute Gasteiger partial charge is 0.497 e. The molecular weight excluding hydrogens is 608 g/mol. The quantitative estimate of drug-likeness (QED) is 0.160. The van der Waals surface area contributed by atoms with Crippen molar-refractivity contribution >= 4 is 51.0 Å². The van der Waals surface area contributed by atoms with E-state index in [0.29, 0.717) is 27.8 Å². The maximum Gasteiger partial charge on any atom is 0.264 e. The summed E-state index contributed by atoms with van der Waals surface area (Å²) in [6.45, 7) is -0.800. The maximum absolute atomic E-state index is 13.6. The van der Waals surface area contributed by atoms with Gasteiger partial charge in [0.2, 0.25) is 0 Å². The summed E-state index contributed by atoms with van der Waals surface area (Å²) in [5, 5.41) is 7.05. The molecule has 11 nitrogen and oxygen atoms in total. The Balaban J connectivity index is 1.38. The number of hydrogen-bond acceptors (Lipinski definition) is 8. The smallest absolute Gasteiger partial charge is 0.264 e. The van der Waals surface area contributed by atoms with Crippen LogP contribution in [0.1, 0.15) is 5.56 Å². The third-order valence-corrected chi connectivity index (χ3v) is 8.19. The minimum absolute atomic E-state index is 0.0378. The van der Waals surface area contributed by atoms with Gasteiger partial charge in [-0.1, -0.05) is 35.9 Å². The number of rotatable bonds is 13. The van der Waals surface area contributed by atoms with Crippen LogP contribution in [0.15, 0.2) is 107 Å². The van der Waals surface area contributed by atoms with Crippen molar-refractivity contribution in [2.75, 3.05) is 37.0 Å². The van der Waals surface area contributed by atoms with Crippen LogP contribution < -0.4 is 29.3 Å². The molecule has 0 bridgehead atoms. The monoisotopic (exact) mass is 636 g/mol. The van der Waals surface area contributed by atoms with Gasteiger partial charge in [-0.3, -0.25) is 13.9 Å². The molecule has 0 atom stereocenters. The molecule has 0 fully saturated rings. The van der Waals surface area contributed by atoms with Gasteiger partial charge >= 0.3 is 0 Å². The number of para-hydroxylation sites is 3. The van der Waals surface area contributed by atoms with E-state index in [4.69, 9.17) is 25.8 Å². The highest BCUT2D eigenvalue weighted by molar-refractivity contribution is 7.92. The number of nitrogens with one attached hydrogen (secondary N) is 2. The van der Waals surface area contributed by atoms with Gasteiger partial charge in [0.05, 0.1) is 41.7 Å². The summed E-state index contributed by atoms with van der Waals surface area (Å²) in [6, 6.07) is 25.8. The predicted molar refractivity (Wildman–Crippen MR) is 168 cm³/mol. The van der Waals surface area contributed by atoms with Crippen LogP contribution in [0, 0.1) is 0 Å². The highest BCUT2D eigenvalue weighted by Crippen LogP contribution is 2.32. The van der Waals surface area contributed by atoms with Gasteiger partial charge < -0.3 is 19.5 Å². The number of carbonyl (C=O) groups excluding carboxylic acids is 2. The van der Waals surface area contributed by atoms with Crippen LogP contribution in [0.5, 0.6) is 17.2 Å². The molecule has 0 radical (unpaired) electrons. The fraction of sp³-hybridized carbons (Fsp3) is 0.129. The summed E-state index contributed by atoms with van der Waals surface area (Å²) >= 11 is 6.05. The van der Waals surface area contributed by atoms with E-state index in [1.165, 1.54) is 44.7 Å². The lowest BCUT2D eigenvalue weighted by atomic mass is 10.2. The Morgan fingerprint density at radius 2 is 1.50 bits per heavy atom. The summed E-state index contributed by atoms with van der Waals surface area (Å²) < 4.78 is 44.2. The van der Waals surface area contributed by atoms with Gasteiger partial charge in [-0.2, -0.15) is 5.10 Å². The van der Waals surface area contributed by atoms with E-state index in [-0.39, 0.29) is 28.8 Å². The molecule has 2 amide bonds. The van der Waals surface area contributed by atoms with Crippen molar-refractivity contribution in [1.82, 2.24) is 5.43 Å². The Morgan fingerprint density at radius 3 is 2.18 bits per heavy atom. The Kier molecular flexibility index (Phi) is 10.8. The average Bonchev–Trinajstić information content (AvgIpc) is 3.04. The molecule has 0 heterocycles. The normalized spacial score (nSPS) is 11.1. The number of ether oxygens (including phenoxy) is 3. The topological polar surface area (TPSA) is 136 Å². The van der Waals surface area contributed by atoms with Crippen molar-refractivity contribution < 1.29 is 32.2 Å². The van der Waals surface area contributed by atoms with E-state index >= 15 is 0 Å². The average molecular weight is 637 g/mol. The Bertz CT molecular complexity index is 1730. The van der Waals surface area contributed by atoms with Crippen molar-refractivity contribution in [3.05, 3.63) is 108 Å². The van der Waals surface area contributed by atoms with Crippen LogP contribution in [0.25, 0.3) is 0 Å². The molecule has 4 aromatic carbocycles. The molecule has 4 rings (SSSR count). The van der Waals surface area contributed by atoms with Gasteiger partial charge in [-0.25, -0.2) is 13.8 Å². The molecule has 0 saturated heterocycles. The molecular formula is C31H29ClN4O7S. The minimum Gasteiger partial charge on any atom is -0.497 e. The molecule has 4 aromatic rings. The highest BCUT2D eigenvalue weighted by Gasteiger charge is 2.29. The van der Waals surface area contributed by atoms with Gasteiger partial charge in [0.15, 0.2) is 6.61 Å². The third-order valence-electron chi connectivity index (χ3n) is 6.09. The van der Waals surface area contributed by atoms with E-state index < -0.39 is 22.5 Å². The first-order chi connectivity index (χ1) is 21.2. The molecule has 2 N–H and O–H groups in total. The first-order valence-electron chi connectivity index (χ1n) is 13.1. The van der Waals surface area contributed by atoms with Crippen molar-refractivity contribution in [2.24, 2.45) is 5.10 Å². The number of methoxy groups -OCH3 is 2. The summed E-state index contributed by atoms with van der Waals surface area (Å²) in [5.74, 6) is 0.135. The predicted octanol–water partition coefficient (Wildman–Crippen LogP) is 4.72. The van der Waals surface area contributed by atoms with Gasteiger partial charge in [-0.15, -0.1) is 0 Å². The zero-order chi connectivity index (χ0) is 31.5. The summed E-state index contributed by atoms with van der Waals surface area (Å²) in [6.07, 6.45) is 1.39. The number of hydrazone groups is 1. The first-order valence-corrected chi connectivity index (χ1v) is 14.9. The van der Waals surface area contributed by atoms with Crippen molar-refractivity contribution in [3.63, 3.8) is 0 Å². The lowest BCUT2D eigenvalue weighted by molar-refractivity contribution is -0.119. The van der Waals surface area contributed by atoms with Crippen LogP contribution in [0.3, 0.4) is 0 Å². The summed E-state index contributed by atoms with van der Waals surface area (Å²) in [4.78, 5) is 25.0. The molecule has 228 valence electrons. The molecule has 0 saturated carbocycles. The number of nitrogens with zero attached hydrogens (tertiary/aromatic N) is 2. The maximum atomic E-state index is 13.6. The third kappa shape index (κ3) is 8.27. The summed E-state index contributed by atoms with van der Waals surface area (Å²) in [5.41, 5.74) is 3.65. The van der Waals surface area contributed by atoms with Crippen LogP contribution in [0.4, 0.5) is 11.4 Å². The van der Waals surface area contributed by atoms with Gasteiger partial charge in [0.25, 0.3) is 21.8 Å². The Hall–Kier alpha value is -5.07. The lowest BCUT2D eigenvalue weighted by Crippen LogP contribution is -2.39. The second-order valence-electron chi connectivity index (χ2n) is 9.04. The molecule has 0 aliphatic carbocycles. The molecule has 0 spiro atoms. The zero-order valence-corrected chi connectivity index (χ0v) is 25.3. The Labute approximate surface area is 260 Å². The number of sulfonamides is 1. The SMILES string of the molecule is COc1ccc(S(=O)(=O)N(CC(=O)N/N=C\c2ccc(OCC(=O)Nc3ccccc3Cl)cc2)c2ccccc2OC)cc1. The van der Waals surface area contributed by atoms with Crippen LogP contribution in [-0.2, 0) is 19.6 Å². The Morgan fingerprint density at radius 1 is 0.841 bits per heavy atom. The van der Waals surface area contributed by atoms with Crippen LogP contribution in [0.2, 0.25) is 5.02 Å². The summed E-state index contributed by atoms with van der Waals surface area (Å²) in [7, 11) is -1.30. The number of amides is 2. The number of carbonyl (C=O) groups is 2. The molecule has 0 aromatic heterocycles. The molecule has 0 aliphatic rings. The van der Waals surface area contributed by atoms with E-state index in [0.717, 1.165) is 4.31 Å². The van der Waals surface area contributed by atoms with E-state index in [1.807, 2.05) is 0 Å². The van der Waals surface area contributed by atoms with Gasteiger partial charge in [0, 0.05) is 0 Å². The highest BCUT2D eigenvalue weighted by atomic mass is 35.5.